The van der Waals surface area contributed by atoms with Gasteiger partial charge in [0.25, 0.3) is 0 Å². The average Bonchev–Trinajstić information content (AvgIpc) is 2.82. The van der Waals surface area contributed by atoms with Crippen LogP contribution in [0.5, 0.6) is 0 Å². The van der Waals surface area contributed by atoms with E-state index in [2.05, 4.69) is 9.59 Å². The molecule has 6 heteroatoms. The molecule has 1 aliphatic rings. The van der Waals surface area contributed by atoms with Crippen LogP contribution in [0.4, 0.5) is 0 Å². The first-order valence-electron chi connectivity index (χ1n) is 4.43. The molecular formula is C9H6N2O2S2. The second kappa shape index (κ2) is 3.11. The molecular weight excluding hydrogens is 232 g/mol. The van der Waals surface area contributed by atoms with Gasteiger partial charge in [-0.2, -0.15) is 0 Å². The Bertz CT molecular complexity index is 544. The maximum Gasteiger partial charge on any atom is 0.345 e. The first kappa shape index (κ1) is 8.99. The summed E-state index contributed by atoms with van der Waals surface area (Å²) in [4.78, 5) is 13.5. The fourth-order valence-electron chi connectivity index (χ4n) is 1.72. The van der Waals surface area contributed by atoms with E-state index in [1.165, 1.54) is 22.9 Å². The molecule has 0 aliphatic heterocycles. The molecule has 2 aromatic rings. The third-order valence-electron chi connectivity index (χ3n) is 2.41. The molecule has 76 valence electrons. The molecule has 0 saturated carbocycles. The van der Waals surface area contributed by atoms with Gasteiger partial charge in [0.2, 0.25) is 0 Å². The lowest BCUT2D eigenvalue weighted by atomic mass is 10.0. The standard InChI is InChI=1S/C9H6N2O2S2/c12-9(13)7-3-4-5(14-7)1-2-6-8(4)10-11-15-6/h3H,1-2H2,(H,12,13). The van der Waals surface area contributed by atoms with E-state index >= 15 is 0 Å². The molecule has 1 aliphatic carbocycles. The quantitative estimate of drug-likeness (QED) is 0.826. The Morgan fingerprint density at radius 1 is 1.40 bits per heavy atom. The van der Waals surface area contributed by atoms with Crippen LogP contribution in [0.2, 0.25) is 0 Å². The molecule has 0 fully saturated rings. The molecule has 1 N–H and O–H groups in total. The molecule has 0 bridgehead atoms. The molecule has 3 rings (SSSR count). The Morgan fingerprint density at radius 3 is 3.00 bits per heavy atom. The highest BCUT2D eigenvalue weighted by atomic mass is 32.1. The van der Waals surface area contributed by atoms with Crippen molar-refractivity contribution in [1.82, 2.24) is 9.59 Å². The Morgan fingerprint density at radius 2 is 2.20 bits per heavy atom. The van der Waals surface area contributed by atoms with Crippen LogP contribution in [0.15, 0.2) is 6.07 Å². The summed E-state index contributed by atoms with van der Waals surface area (Å²) in [6, 6.07) is 1.71. The van der Waals surface area contributed by atoms with Gasteiger partial charge in [0.15, 0.2) is 0 Å². The minimum absolute atomic E-state index is 0.390. The summed E-state index contributed by atoms with van der Waals surface area (Å²) >= 11 is 2.75. The summed E-state index contributed by atoms with van der Waals surface area (Å²) < 4.78 is 3.91. The molecule has 0 amide bonds. The highest BCUT2D eigenvalue weighted by molar-refractivity contribution is 7.14. The summed E-state index contributed by atoms with van der Waals surface area (Å²) in [6.07, 6.45) is 1.84. The van der Waals surface area contributed by atoms with E-state index in [1.807, 2.05) is 0 Å². The number of aromatic carboxylic acids is 1. The first-order valence-corrected chi connectivity index (χ1v) is 6.02. The third kappa shape index (κ3) is 1.29. The lowest BCUT2D eigenvalue weighted by Crippen LogP contribution is -1.97. The van der Waals surface area contributed by atoms with Gasteiger partial charge >= 0.3 is 5.97 Å². The number of carboxylic acids is 1. The number of hydrogen-bond donors (Lipinski definition) is 1. The molecule has 0 radical (unpaired) electrons. The third-order valence-corrected chi connectivity index (χ3v) is 4.37. The van der Waals surface area contributed by atoms with Crippen molar-refractivity contribution >= 4 is 28.8 Å². The van der Waals surface area contributed by atoms with Gasteiger partial charge in [-0.15, -0.1) is 16.4 Å². The average molecular weight is 238 g/mol. The van der Waals surface area contributed by atoms with Crippen molar-refractivity contribution in [3.05, 3.63) is 20.7 Å². The summed E-state index contributed by atoms with van der Waals surface area (Å²) in [7, 11) is 0. The zero-order chi connectivity index (χ0) is 10.4. The number of fused-ring (bicyclic) bond motifs is 3. The molecule has 0 unspecified atom stereocenters. The van der Waals surface area contributed by atoms with E-state index < -0.39 is 5.97 Å². The number of rotatable bonds is 1. The second-order valence-electron chi connectivity index (χ2n) is 3.30. The van der Waals surface area contributed by atoms with Crippen molar-refractivity contribution in [2.45, 2.75) is 12.8 Å². The van der Waals surface area contributed by atoms with Crippen LogP contribution >= 0.6 is 22.9 Å². The Balaban J connectivity index is 2.20. The molecule has 4 nitrogen and oxygen atoms in total. The van der Waals surface area contributed by atoms with Gasteiger partial charge in [-0.05, 0) is 30.4 Å². The Kier molecular flexibility index (Phi) is 1.86. The van der Waals surface area contributed by atoms with Crippen LogP contribution in [0.1, 0.15) is 19.4 Å². The van der Waals surface area contributed by atoms with Crippen molar-refractivity contribution < 1.29 is 9.90 Å². The fourth-order valence-corrected chi connectivity index (χ4v) is 3.38. The highest BCUT2D eigenvalue weighted by Gasteiger charge is 2.23. The monoisotopic (exact) mass is 238 g/mol. The molecule has 0 aromatic carbocycles. The number of hydrogen-bond acceptors (Lipinski definition) is 5. The lowest BCUT2D eigenvalue weighted by molar-refractivity contribution is 0.0702. The zero-order valence-electron chi connectivity index (χ0n) is 7.56. The zero-order valence-corrected chi connectivity index (χ0v) is 9.19. The summed E-state index contributed by atoms with van der Waals surface area (Å²) in [6.45, 7) is 0. The minimum Gasteiger partial charge on any atom is -0.477 e. The van der Waals surface area contributed by atoms with Gasteiger partial charge in [0.05, 0.1) is 4.88 Å². The van der Waals surface area contributed by atoms with E-state index in [-0.39, 0.29) is 0 Å². The summed E-state index contributed by atoms with van der Waals surface area (Å²) in [5, 5.41) is 13.0. The number of aryl methyl sites for hydroxylation is 2. The fraction of sp³-hybridized carbons (Fsp3) is 0.222. The van der Waals surface area contributed by atoms with Crippen LogP contribution in [-0.4, -0.2) is 20.7 Å². The van der Waals surface area contributed by atoms with Crippen LogP contribution in [0.25, 0.3) is 11.3 Å². The predicted molar refractivity (Wildman–Crippen MR) is 57.6 cm³/mol. The van der Waals surface area contributed by atoms with Crippen molar-refractivity contribution in [3.8, 4) is 11.3 Å². The molecule has 2 aromatic heterocycles. The van der Waals surface area contributed by atoms with Gasteiger partial charge in [0.1, 0.15) is 10.6 Å². The number of carbonyl (C=O) groups is 1. The molecule has 2 heterocycles. The van der Waals surface area contributed by atoms with Gasteiger partial charge < -0.3 is 5.11 Å². The van der Waals surface area contributed by atoms with E-state index in [4.69, 9.17) is 5.11 Å². The molecule has 0 atom stereocenters. The van der Waals surface area contributed by atoms with Crippen LogP contribution in [0, 0.1) is 0 Å². The van der Waals surface area contributed by atoms with Crippen molar-refractivity contribution in [1.29, 1.82) is 0 Å². The Labute approximate surface area is 93.4 Å². The number of nitrogens with zero attached hydrogens (tertiary/aromatic N) is 2. The van der Waals surface area contributed by atoms with Gasteiger partial charge in [-0.25, -0.2) is 4.79 Å². The SMILES string of the molecule is O=C(O)c1cc2c(s1)CCc1snnc1-2. The van der Waals surface area contributed by atoms with Crippen LogP contribution < -0.4 is 0 Å². The molecule has 15 heavy (non-hydrogen) atoms. The van der Waals surface area contributed by atoms with E-state index in [0.717, 1.165) is 33.9 Å². The topological polar surface area (TPSA) is 63.1 Å². The number of thiophene rings is 1. The van der Waals surface area contributed by atoms with E-state index in [1.54, 1.807) is 6.07 Å². The normalized spacial score (nSPS) is 13.3. The molecule has 0 spiro atoms. The second-order valence-corrected chi connectivity index (χ2v) is 5.27. The van der Waals surface area contributed by atoms with Crippen LogP contribution in [-0.2, 0) is 12.8 Å². The lowest BCUT2D eigenvalue weighted by Gasteiger charge is -2.07. The van der Waals surface area contributed by atoms with Crippen molar-refractivity contribution in [3.63, 3.8) is 0 Å². The molecule has 0 saturated heterocycles. The van der Waals surface area contributed by atoms with Gasteiger partial charge in [-0.3, -0.25) is 0 Å². The maximum absolute atomic E-state index is 10.8. The van der Waals surface area contributed by atoms with Gasteiger partial charge in [-0.1, -0.05) is 4.49 Å². The van der Waals surface area contributed by atoms with E-state index in [0.29, 0.717) is 4.88 Å². The summed E-state index contributed by atoms with van der Waals surface area (Å²) in [5.74, 6) is -0.862. The van der Waals surface area contributed by atoms with E-state index in [9.17, 15) is 4.79 Å². The first-order chi connectivity index (χ1) is 7.25. The van der Waals surface area contributed by atoms with Crippen LogP contribution in [0.3, 0.4) is 0 Å². The number of aromatic nitrogens is 2. The van der Waals surface area contributed by atoms with Gasteiger partial charge in [0, 0.05) is 10.4 Å². The largest absolute Gasteiger partial charge is 0.477 e. The number of carboxylic acid groups (broad SMARTS) is 1. The predicted octanol–water partition coefficient (Wildman–Crippen LogP) is 2.06. The van der Waals surface area contributed by atoms with Crippen molar-refractivity contribution in [2.75, 3.05) is 0 Å². The smallest absolute Gasteiger partial charge is 0.345 e. The Hall–Kier alpha value is -1.27. The minimum atomic E-state index is -0.862. The summed E-state index contributed by atoms with van der Waals surface area (Å²) in [5.41, 5.74) is 1.84. The maximum atomic E-state index is 10.8. The van der Waals surface area contributed by atoms with Crippen molar-refractivity contribution in [2.24, 2.45) is 0 Å². The highest BCUT2D eigenvalue weighted by Crippen LogP contribution is 2.38.